The van der Waals surface area contributed by atoms with E-state index in [4.69, 9.17) is 0 Å². The van der Waals surface area contributed by atoms with E-state index in [0.29, 0.717) is 12.8 Å². The Morgan fingerprint density at radius 3 is 1.53 bits per heavy atom. The average Bonchev–Trinajstić information content (AvgIpc) is 3.61. The van der Waals surface area contributed by atoms with Crippen molar-refractivity contribution in [3.8, 4) is 22.3 Å². The Hall–Kier alpha value is -4.39. The van der Waals surface area contributed by atoms with Crippen LogP contribution in [0.25, 0.3) is 22.3 Å². The highest BCUT2D eigenvalue weighted by Gasteiger charge is 2.32. The molecule has 2 aromatic carbocycles. The molecule has 188 valence electrons. The number of rotatable bonds is 2. The molecule has 0 radical (unpaired) electrons. The number of anilines is 2. The van der Waals surface area contributed by atoms with Crippen molar-refractivity contribution in [2.75, 3.05) is 22.9 Å². The Kier molecular flexibility index (Phi) is 5.50. The van der Waals surface area contributed by atoms with Crippen LogP contribution in [-0.4, -0.2) is 39.9 Å². The van der Waals surface area contributed by atoms with Crippen molar-refractivity contribution in [3.05, 3.63) is 89.8 Å². The van der Waals surface area contributed by atoms with E-state index in [9.17, 15) is 9.59 Å². The van der Waals surface area contributed by atoms with Gasteiger partial charge in [-0.2, -0.15) is 0 Å². The molecule has 4 aromatic rings. The molecule has 0 N–H and O–H groups in total. The molecule has 7 heteroatoms. The Morgan fingerprint density at radius 2 is 1.00 bits per heavy atom. The van der Waals surface area contributed by atoms with Crippen LogP contribution in [0.5, 0.6) is 0 Å². The van der Waals surface area contributed by atoms with Crippen molar-refractivity contribution in [3.63, 3.8) is 0 Å². The minimum Gasteiger partial charge on any atom is -0.312 e. The van der Waals surface area contributed by atoms with Gasteiger partial charge in [0.25, 0.3) is 0 Å². The number of aryl methyl sites for hydroxylation is 2. The zero-order valence-corrected chi connectivity index (χ0v) is 21.1. The second kappa shape index (κ2) is 9.17. The lowest BCUT2D eigenvalue weighted by molar-refractivity contribution is -0.119. The third-order valence-electron chi connectivity index (χ3n) is 8.01. The first-order valence-electron chi connectivity index (χ1n) is 13.2. The first-order chi connectivity index (χ1) is 18.7. The van der Waals surface area contributed by atoms with Gasteiger partial charge in [-0.3, -0.25) is 14.6 Å². The second-order valence-corrected chi connectivity index (χ2v) is 10.2. The fraction of sp³-hybridized carbons (Fsp3) is 0.258. The molecule has 4 aliphatic rings. The highest BCUT2D eigenvalue weighted by Crippen LogP contribution is 2.40. The number of nitrogens with zero attached hydrogens (tertiary/aromatic N) is 5. The fourth-order valence-electron chi connectivity index (χ4n) is 6.24. The van der Waals surface area contributed by atoms with Crippen LogP contribution in [0.1, 0.15) is 35.1 Å². The molecule has 0 saturated carbocycles. The van der Waals surface area contributed by atoms with Gasteiger partial charge in [-0.15, -0.1) is 0 Å². The Bertz CT molecular complexity index is 1450. The van der Waals surface area contributed by atoms with Crippen LogP contribution in [-0.2, 0) is 35.3 Å². The van der Waals surface area contributed by atoms with E-state index in [1.165, 1.54) is 39.1 Å². The molecule has 0 unspecified atom stereocenters. The molecular weight excluding hydrogens is 474 g/mol. The molecule has 4 aliphatic heterocycles. The van der Waals surface area contributed by atoms with Gasteiger partial charge in [-0.25, -0.2) is 9.97 Å². The number of hydrogen-bond acceptors (Lipinski definition) is 5. The number of carbonyl (C=O) groups is 2. The summed E-state index contributed by atoms with van der Waals surface area (Å²) in [5.41, 5.74) is 12.2. The third kappa shape index (κ3) is 3.86. The zero-order chi connectivity index (χ0) is 25.6. The molecule has 0 atom stereocenters. The number of benzene rings is 2. The Balaban J connectivity index is 0.000000127. The van der Waals surface area contributed by atoms with Gasteiger partial charge in [-0.05, 0) is 101 Å². The number of aromatic nitrogens is 3. The van der Waals surface area contributed by atoms with Gasteiger partial charge in [0.1, 0.15) is 6.33 Å². The maximum Gasteiger partial charge on any atom is 0.227 e. The molecule has 2 amide bonds. The number of hydrogen-bond donors (Lipinski definition) is 0. The van der Waals surface area contributed by atoms with Crippen LogP contribution in [0.3, 0.4) is 0 Å². The van der Waals surface area contributed by atoms with E-state index in [1.54, 1.807) is 6.33 Å². The lowest BCUT2D eigenvalue weighted by Crippen LogP contribution is -2.32. The van der Waals surface area contributed by atoms with Crippen molar-refractivity contribution in [2.24, 2.45) is 0 Å². The quantitative estimate of drug-likeness (QED) is 0.402. The predicted molar refractivity (Wildman–Crippen MR) is 146 cm³/mol. The normalized spacial score (nSPS) is 16.6. The average molecular weight is 502 g/mol. The summed E-state index contributed by atoms with van der Waals surface area (Å²) in [4.78, 5) is 39.9. The summed E-state index contributed by atoms with van der Waals surface area (Å²) in [6.07, 6.45) is 13.8. The first-order valence-corrected chi connectivity index (χ1v) is 13.2. The predicted octanol–water partition coefficient (Wildman–Crippen LogP) is 4.56. The van der Waals surface area contributed by atoms with Crippen molar-refractivity contribution in [2.45, 2.75) is 38.5 Å². The summed E-state index contributed by atoms with van der Waals surface area (Å²) in [5, 5.41) is 0. The molecule has 0 fully saturated rings. The van der Waals surface area contributed by atoms with Gasteiger partial charge in [0, 0.05) is 56.3 Å². The van der Waals surface area contributed by atoms with Crippen LogP contribution in [0, 0.1) is 0 Å². The van der Waals surface area contributed by atoms with E-state index in [-0.39, 0.29) is 11.8 Å². The van der Waals surface area contributed by atoms with Gasteiger partial charge in [0.2, 0.25) is 11.8 Å². The van der Waals surface area contributed by atoms with Gasteiger partial charge in [0.05, 0.1) is 11.4 Å². The largest absolute Gasteiger partial charge is 0.312 e. The monoisotopic (exact) mass is 501 g/mol. The van der Waals surface area contributed by atoms with E-state index in [2.05, 4.69) is 39.2 Å². The summed E-state index contributed by atoms with van der Waals surface area (Å²) in [6.45, 7) is 1.68. The second-order valence-electron chi connectivity index (χ2n) is 10.2. The summed E-state index contributed by atoms with van der Waals surface area (Å²) < 4.78 is 0. The lowest BCUT2D eigenvalue weighted by atomic mass is 9.94. The fourth-order valence-corrected chi connectivity index (χ4v) is 6.24. The van der Waals surface area contributed by atoms with Gasteiger partial charge in [-0.1, -0.05) is 0 Å². The number of amides is 2. The Labute approximate surface area is 221 Å². The molecular formula is C31H27N5O2. The zero-order valence-electron chi connectivity index (χ0n) is 21.1. The third-order valence-corrected chi connectivity index (χ3v) is 8.01. The van der Waals surface area contributed by atoms with Crippen molar-refractivity contribution < 1.29 is 9.59 Å². The maximum atomic E-state index is 11.9. The van der Waals surface area contributed by atoms with Crippen molar-refractivity contribution in [1.29, 1.82) is 0 Å². The number of carbonyl (C=O) groups excluding carboxylic acids is 2. The molecule has 38 heavy (non-hydrogen) atoms. The molecule has 8 rings (SSSR count). The summed E-state index contributed by atoms with van der Waals surface area (Å²) in [5.74, 6) is 0.546. The molecule has 6 heterocycles. The standard InChI is InChI=1S/C16H14N2O.C15H13N3O/c19-15-2-1-12-9-14(11-3-6-17-7-4-11)10-13-5-8-18(15)16(12)13;19-14-2-1-10-5-12(13-7-16-9-17-8-13)6-11-3-4-18(14)15(10)11/h3-4,6-7,9-10H,1-2,5,8H2;5-9H,1-4H2. The molecule has 0 aliphatic carbocycles. The summed E-state index contributed by atoms with van der Waals surface area (Å²) >= 11 is 0. The number of pyridine rings is 1. The van der Waals surface area contributed by atoms with Gasteiger partial charge >= 0.3 is 0 Å². The van der Waals surface area contributed by atoms with Crippen LogP contribution in [0.2, 0.25) is 0 Å². The molecule has 2 aromatic heterocycles. The van der Waals surface area contributed by atoms with Crippen LogP contribution < -0.4 is 9.80 Å². The van der Waals surface area contributed by atoms with Gasteiger partial charge in [0.15, 0.2) is 0 Å². The highest BCUT2D eigenvalue weighted by molar-refractivity contribution is 6.00. The minimum atomic E-state index is 0.266. The molecule has 7 nitrogen and oxygen atoms in total. The summed E-state index contributed by atoms with van der Waals surface area (Å²) in [6, 6.07) is 12.9. The SMILES string of the molecule is O=C1CCc2cc(-c3ccncc3)cc3c2N1CC3.O=C1CCc2cc(-c3cncnc3)cc3c2N1CC3. The first kappa shape index (κ1) is 22.8. The van der Waals surface area contributed by atoms with E-state index >= 15 is 0 Å². The topological polar surface area (TPSA) is 79.3 Å². The van der Waals surface area contributed by atoms with Crippen LogP contribution in [0.15, 0.2) is 67.5 Å². The smallest absolute Gasteiger partial charge is 0.227 e. The minimum absolute atomic E-state index is 0.266. The van der Waals surface area contributed by atoms with Gasteiger partial charge < -0.3 is 9.80 Å². The molecule has 0 spiro atoms. The maximum absolute atomic E-state index is 11.9. The lowest BCUT2D eigenvalue weighted by Gasteiger charge is -2.25. The van der Waals surface area contributed by atoms with E-state index in [0.717, 1.165) is 55.6 Å². The van der Waals surface area contributed by atoms with E-state index < -0.39 is 0 Å². The Morgan fingerprint density at radius 1 is 0.526 bits per heavy atom. The van der Waals surface area contributed by atoms with Crippen molar-refractivity contribution in [1.82, 2.24) is 15.0 Å². The van der Waals surface area contributed by atoms with Crippen LogP contribution in [0.4, 0.5) is 11.4 Å². The van der Waals surface area contributed by atoms with Crippen molar-refractivity contribution >= 4 is 23.2 Å². The summed E-state index contributed by atoms with van der Waals surface area (Å²) in [7, 11) is 0. The molecule has 0 bridgehead atoms. The molecule has 0 saturated heterocycles. The van der Waals surface area contributed by atoms with Crippen LogP contribution >= 0.6 is 0 Å². The van der Waals surface area contributed by atoms with E-state index in [1.807, 2.05) is 46.7 Å². The highest BCUT2D eigenvalue weighted by atomic mass is 16.2.